The second kappa shape index (κ2) is 10.4. The third-order valence-corrected chi connectivity index (χ3v) is 6.24. The number of nitrogens with one attached hydrogen (secondary N) is 1. The zero-order chi connectivity index (χ0) is 22.5. The van der Waals surface area contributed by atoms with Gasteiger partial charge in [0.15, 0.2) is 11.0 Å². The van der Waals surface area contributed by atoms with Gasteiger partial charge in [-0.15, -0.1) is 10.2 Å². The van der Waals surface area contributed by atoms with E-state index in [1.54, 1.807) is 6.07 Å². The molecule has 4 rings (SSSR count). The molecule has 0 spiro atoms. The van der Waals surface area contributed by atoms with Gasteiger partial charge in [-0.2, -0.15) is 0 Å². The van der Waals surface area contributed by atoms with Crippen molar-refractivity contribution in [1.82, 2.24) is 19.7 Å². The number of ether oxygens (including phenoxy) is 1. The second-order valence-corrected chi connectivity index (χ2v) is 8.77. The summed E-state index contributed by atoms with van der Waals surface area (Å²) in [7, 11) is 0. The molecule has 0 bridgehead atoms. The lowest BCUT2D eigenvalue weighted by atomic mass is 10.2. The molecule has 0 atom stereocenters. The smallest absolute Gasteiger partial charge is 0.234 e. The van der Waals surface area contributed by atoms with E-state index in [0.29, 0.717) is 35.6 Å². The van der Waals surface area contributed by atoms with Crippen LogP contribution in [0.3, 0.4) is 0 Å². The molecule has 1 saturated heterocycles. The van der Waals surface area contributed by atoms with Crippen molar-refractivity contribution >= 4 is 35.0 Å². The fraction of sp³-hybridized carbons (Fsp3) is 0.318. The molecule has 10 heteroatoms. The lowest BCUT2D eigenvalue weighted by molar-refractivity contribution is -0.113. The molecule has 2 aromatic carbocycles. The summed E-state index contributed by atoms with van der Waals surface area (Å²) in [6, 6.07) is 11.7. The van der Waals surface area contributed by atoms with Crippen molar-refractivity contribution in [2.24, 2.45) is 0 Å². The molecule has 1 amide bonds. The van der Waals surface area contributed by atoms with Gasteiger partial charge in [-0.05, 0) is 48.9 Å². The molecule has 0 unspecified atom stereocenters. The van der Waals surface area contributed by atoms with Crippen LogP contribution in [0.25, 0.3) is 5.69 Å². The highest BCUT2D eigenvalue weighted by molar-refractivity contribution is 7.99. The number of thioether (sulfide) groups is 1. The summed E-state index contributed by atoms with van der Waals surface area (Å²) in [5.41, 5.74) is 2.12. The first kappa shape index (κ1) is 22.7. The maximum absolute atomic E-state index is 13.5. The van der Waals surface area contributed by atoms with Gasteiger partial charge in [0, 0.05) is 29.5 Å². The molecule has 1 aliphatic heterocycles. The first-order valence-corrected chi connectivity index (χ1v) is 11.5. The van der Waals surface area contributed by atoms with Crippen molar-refractivity contribution in [3.8, 4) is 5.69 Å². The van der Waals surface area contributed by atoms with Crippen LogP contribution in [0.1, 0.15) is 11.4 Å². The molecule has 168 valence electrons. The monoisotopic (exact) mass is 475 g/mol. The van der Waals surface area contributed by atoms with Crippen LogP contribution in [0.4, 0.5) is 10.1 Å². The Kier molecular flexibility index (Phi) is 7.41. The Morgan fingerprint density at radius 3 is 2.69 bits per heavy atom. The fourth-order valence-electron chi connectivity index (χ4n) is 3.35. The lowest BCUT2D eigenvalue weighted by Gasteiger charge is -2.26. The van der Waals surface area contributed by atoms with Crippen molar-refractivity contribution < 1.29 is 13.9 Å². The molecule has 1 fully saturated rings. The van der Waals surface area contributed by atoms with E-state index in [1.807, 2.05) is 35.8 Å². The molecular weight excluding hydrogens is 453 g/mol. The number of carbonyl (C=O) groups excluding carboxylic acids is 1. The molecule has 2 heterocycles. The summed E-state index contributed by atoms with van der Waals surface area (Å²) in [6.45, 7) is 5.47. The summed E-state index contributed by atoms with van der Waals surface area (Å²) in [5, 5.41) is 12.7. The minimum atomic E-state index is -0.395. The number of amides is 1. The van der Waals surface area contributed by atoms with Gasteiger partial charge >= 0.3 is 0 Å². The van der Waals surface area contributed by atoms with E-state index in [-0.39, 0.29) is 11.7 Å². The number of anilines is 1. The van der Waals surface area contributed by atoms with Crippen LogP contribution in [0.15, 0.2) is 47.6 Å². The van der Waals surface area contributed by atoms with Gasteiger partial charge in [-0.1, -0.05) is 29.4 Å². The minimum absolute atomic E-state index is 0.110. The van der Waals surface area contributed by atoms with Crippen molar-refractivity contribution in [2.75, 3.05) is 37.4 Å². The van der Waals surface area contributed by atoms with Crippen molar-refractivity contribution in [3.63, 3.8) is 0 Å². The quantitative estimate of drug-likeness (QED) is 0.522. The van der Waals surface area contributed by atoms with E-state index >= 15 is 0 Å². The van der Waals surface area contributed by atoms with E-state index in [0.717, 1.165) is 30.2 Å². The number of halogens is 2. The molecule has 3 aromatic rings. The summed E-state index contributed by atoms with van der Waals surface area (Å²) in [5.74, 6) is 0.246. The van der Waals surface area contributed by atoms with Crippen LogP contribution >= 0.6 is 23.4 Å². The van der Waals surface area contributed by atoms with Crippen LogP contribution < -0.4 is 5.32 Å². The maximum atomic E-state index is 13.5. The van der Waals surface area contributed by atoms with Gasteiger partial charge < -0.3 is 10.1 Å². The number of hydrogen-bond acceptors (Lipinski definition) is 6. The maximum Gasteiger partial charge on any atom is 0.234 e. The largest absolute Gasteiger partial charge is 0.379 e. The number of aromatic nitrogens is 3. The van der Waals surface area contributed by atoms with Crippen LogP contribution in [-0.2, 0) is 16.1 Å². The molecule has 0 saturated carbocycles. The Balaban J connectivity index is 1.51. The van der Waals surface area contributed by atoms with Gasteiger partial charge in [-0.25, -0.2) is 4.39 Å². The molecule has 1 N–H and O–H groups in total. The number of hydrogen-bond donors (Lipinski definition) is 1. The van der Waals surface area contributed by atoms with Gasteiger partial charge in [-0.3, -0.25) is 14.3 Å². The predicted molar refractivity (Wildman–Crippen MR) is 123 cm³/mol. The van der Waals surface area contributed by atoms with E-state index < -0.39 is 5.82 Å². The first-order valence-electron chi connectivity index (χ1n) is 10.2. The van der Waals surface area contributed by atoms with Crippen molar-refractivity contribution in [1.29, 1.82) is 0 Å². The van der Waals surface area contributed by atoms with Gasteiger partial charge in [0.25, 0.3) is 0 Å². The Labute approximate surface area is 194 Å². The van der Waals surface area contributed by atoms with E-state index in [4.69, 9.17) is 16.3 Å². The Bertz CT molecular complexity index is 1090. The summed E-state index contributed by atoms with van der Waals surface area (Å²) in [6.07, 6.45) is 0. The van der Waals surface area contributed by atoms with Crippen molar-refractivity contribution in [3.05, 3.63) is 64.7 Å². The minimum Gasteiger partial charge on any atom is -0.379 e. The first-order chi connectivity index (χ1) is 15.5. The molecule has 1 aliphatic rings. The topological polar surface area (TPSA) is 72.3 Å². The highest BCUT2D eigenvalue weighted by Crippen LogP contribution is 2.25. The number of morpholine rings is 1. The zero-order valence-corrected chi connectivity index (χ0v) is 19.1. The van der Waals surface area contributed by atoms with Crippen LogP contribution in [0.5, 0.6) is 0 Å². The molecule has 7 nitrogen and oxygen atoms in total. The average molecular weight is 476 g/mol. The molecule has 0 aliphatic carbocycles. The average Bonchev–Trinajstić information content (AvgIpc) is 3.18. The molecule has 32 heavy (non-hydrogen) atoms. The molecule has 1 aromatic heterocycles. The highest BCUT2D eigenvalue weighted by Gasteiger charge is 2.20. The van der Waals surface area contributed by atoms with Crippen LogP contribution in [-0.4, -0.2) is 57.6 Å². The summed E-state index contributed by atoms with van der Waals surface area (Å²) >= 11 is 7.34. The third kappa shape index (κ3) is 5.66. The Hall–Kier alpha value is -2.46. The number of aryl methyl sites for hydroxylation is 1. The van der Waals surface area contributed by atoms with Crippen LogP contribution in [0.2, 0.25) is 5.02 Å². The fourth-order valence-corrected chi connectivity index (χ4v) is 4.25. The summed E-state index contributed by atoms with van der Waals surface area (Å²) < 4.78 is 20.9. The standard InChI is InChI=1S/C22H23ClFN5O2S/c1-15-2-5-17(24)12-19(15)25-21(30)14-32-22-27-26-20(13-28-8-10-31-11-9-28)29(22)18-6-3-16(23)4-7-18/h2-7,12H,8-11,13-14H2,1H3,(H,25,30). The van der Waals surface area contributed by atoms with E-state index in [9.17, 15) is 9.18 Å². The number of benzene rings is 2. The normalized spacial score (nSPS) is 14.5. The SMILES string of the molecule is Cc1ccc(F)cc1NC(=O)CSc1nnc(CN2CCOCC2)n1-c1ccc(Cl)cc1. The zero-order valence-electron chi connectivity index (χ0n) is 17.6. The van der Waals surface area contributed by atoms with Gasteiger partial charge in [0.1, 0.15) is 5.82 Å². The molecule has 0 radical (unpaired) electrons. The number of rotatable bonds is 7. The van der Waals surface area contributed by atoms with Gasteiger partial charge in [0.05, 0.1) is 25.5 Å². The van der Waals surface area contributed by atoms with E-state index in [1.165, 1.54) is 23.9 Å². The van der Waals surface area contributed by atoms with Gasteiger partial charge in [0.2, 0.25) is 5.91 Å². The third-order valence-electron chi connectivity index (χ3n) is 5.06. The van der Waals surface area contributed by atoms with Crippen molar-refractivity contribution in [2.45, 2.75) is 18.6 Å². The lowest BCUT2D eigenvalue weighted by Crippen LogP contribution is -2.36. The van der Waals surface area contributed by atoms with Crippen LogP contribution in [0, 0.1) is 12.7 Å². The predicted octanol–water partition coefficient (Wildman–Crippen LogP) is 3.93. The molecular formula is C22H23ClFN5O2S. The Morgan fingerprint density at radius 1 is 1.19 bits per heavy atom. The number of nitrogens with zero attached hydrogens (tertiary/aromatic N) is 4. The summed E-state index contributed by atoms with van der Waals surface area (Å²) in [4.78, 5) is 14.8. The van der Waals surface area contributed by atoms with E-state index in [2.05, 4.69) is 20.4 Å². The second-order valence-electron chi connectivity index (χ2n) is 7.40. The Morgan fingerprint density at radius 2 is 1.94 bits per heavy atom. The number of carbonyl (C=O) groups is 1. The highest BCUT2D eigenvalue weighted by atomic mass is 35.5.